The molecule has 0 saturated carbocycles. The van der Waals surface area contributed by atoms with Gasteiger partial charge in [-0.3, -0.25) is 0 Å². The van der Waals surface area contributed by atoms with Crippen LogP contribution in [0.15, 0.2) is 42.5 Å². The number of fused-ring (bicyclic) bond motifs is 1. The van der Waals surface area contributed by atoms with E-state index in [1.165, 1.54) is 33.4 Å². The maximum absolute atomic E-state index is 3.46. The van der Waals surface area contributed by atoms with Crippen LogP contribution >= 0.6 is 0 Å². The minimum Gasteiger partial charge on any atom is -0.184 e. The van der Waals surface area contributed by atoms with E-state index in [4.69, 9.17) is 0 Å². The molecule has 0 aliphatic heterocycles. The molecule has 2 aromatic rings. The van der Waals surface area contributed by atoms with Crippen LogP contribution in [0.3, 0.4) is 0 Å². The Bertz CT molecular complexity index is 658. The summed E-state index contributed by atoms with van der Waals surface area (Å²) in [4.78, 5) is 0. The summed E-state index contributed by atoms with van der Waals surface area (Å²) in [6.45, 7) is 4.25. The van der Waals surface area contributed by atoms with Gasteiger partial charge in [0.1, 0.15) is 0 Å². The molecule has 0 N–H and O–H groups in total. The fraction of sp³-hybridized carbons (Fsp3) is 0.111. The van der Waals surface area contributed by atoms with Gasteiger partial charge in [-0.1, -0.05) is 18.6 Å². The fourth-order valence-electron chi connectivity index (χ4n) is 2.32. The van der Waals surface area contributed by atoms with Gasteiger partial charge in [0.2, 0.25) is 0 Å². The van der Waals surface area contributed by atoms with Crippen molar-refractivity contribution in [1.82, 2.24) is 0 Å². The van der Waals surface area contributed by atoms with Crippen LogP contribution in [0.1, 0.15) is 29.2 Å². The van der Waals surface area contributed by atoms with Gasteiger partial charge in [-0.25, -0.2) is 0 Å². The molecule has 0 nitrogen and oxygen atoms in total. The topological polar surface area (TPSA) is 0 Å². The van der Waals surface area contributed by atoms with Crippen LogP contribution in [-0.4, -0.2) is 0 Å². The second-order valence-corrected chi connectivity index (χ2v) is 4.69. The molecule has 0 heterocycles. The second-order valence-electron chi connectivity index (χ2n) is 4.69. The maximum atomic E-state index is 3.46. The van der Waals surface area contributed by atoms with Gasteiger partial charge in [-0.2, -0.15) is 47.5 Å². The Labute approximate surface area is 234 Å². The van der Waals surface area contributed by atoms with Crippen LogP contribution in [0, 0.1) is 19.1 Å². The smallest absolute Gasteiger partial charge is 0 e. The third-order valence-corrected chi connectivity index (χ3v) is 3.25. The molecule has 4 heteroatoms. The van der Waals surface area contributed by atoms with Gasteiger partial charge in [0.15, 0.2) is 0 Å². The minimum atomic E-state index is 0. The summed E-state index contributed by atoms with van der Waals surface area (Å²) in [5.41, 5.74) is 7.48. The van der Waals surface area contributed by atoms with E-state index >= 15 is 0 Å². The van der Waals surface area contributed by atoms with Gasteiger partial charge in [0.25, 0.3) is 0 Å². The molecule has 100 valence electrons. The SMILES string of the molecule is CC1=[C-]/C(=C/c2cc[c-]cc2)c2ccc(C)cc21.[Y].[Y].[Y].[Y]. The molecule has 4 radical (unpaired) electrons. The predicted octanol–water partition coefficient (Wildman–Crippen LogP) is 4.55. The summed E-state index contributed by atoms with van der Waals surface area (Å²) < 4.78 is 0. The second kappa shape index (κ2) is 12.7. The van der Waals surface area contributed by atoms with Crippen molar-refractivity contribution in [3.05, 3.63) is 76.9 Å². The zero-order chi connectivity index (χ0) is 12.5. The van der Waals surface area contributed by atoms with E-state index in [1.807, 2.05) is 12.1 Å². The van der Waals surface area contributed by atoms with Crippen molar-refractivity contribution in [2.75, 3.05) is 0 Å². The zero-order valence-electron chi connectivity index (χ0n) is 12.9. The first-order valence-electron chi connectivity index (χ1n) is 6.14. The molecule has 0 fully saturated rings. The standard InChI is InChI=1S/C18H14.4Y/c1-13-8-9-17-16(11-14(2)18(17)10-13)12-15-6-4-3-5-7-15;;;;/h4-10,12H,1-2H3;;;;/q-2;;;;/b16-12-;;;;. The molecule has 2 aromatic carbocycles. The van der Waals surface area contributed by atoms with E-state index in [9.17, 15) is 0 Å². The van der Waals surface area contributed by atoms with E-state index in [0.717, 1.165) is 0 Å². The Morgan fingerprint density at radius 3 is 2.09 bits per heavy atom. The quantitative estimate of drug-likeness (QED) is 0.431. The van der Waals surface area contributed by atoms with Crippen LogP contribution in [0.4, 0.5) is 0 Å². The average molecular weight is 586 g/mol. The third-order valence-electron chi connectivity index (χ3n) is 3.25. The molecule has 0 spiro atoms. The van der Waals surface area contributed by atoms with E-state index in [-0.39, 0.29) is 131 Å². The van der Waals surface area contributed by atoms with Gasteiger partial charge in [-0.05, 0) is 6.92 Å². The van der Waals surface area contributed by atoms with Gasteiger partial charge < -0.3 is 0 Å². The van der Waals surface area contributed by atoms with Gasteiger partial charge in [0.05, 0.1) is 0 Å². The molecule has 22 heavy (non-hydrogen) atoms. The van der Waals surface area contributed by atoms with Crippen molar-refractivity contribution >= 4 is 17.2 Å². The van der Waals surface area contributed by atoms with E-state index in [2.05, 4.69) is 62.4 Å². The summed E-state index contributed by atoms with van der Waals surface area (Å²) in [6, 6.07) is 17.6. The van der Waals surface area contributed by atoms with Gasteiger partial charge in [-0.15, -0.1) is 34.9 Å². The molecule has 0 bridgehead atoms. The Balaban J connectivity index is 0. The first-order valence-corrected chi connectivity index (χ1v) is 6.14. The Hall–Kier alpha value is 2.34. The predicted molar refractivity (Wildman–Crippen MR) is 76.7 cm³/mol. The van der Waals surface area contributed by atoms with E-state index < -0.39 is 0 Å². The van der Waals surface area contributed by atoms with Crippen LogP contribution in [-0.2, 0) is 131 Å². The van der Waals surface area contributed by atoms with Crippen molar-refractivity contribution in [2.24, 2.45) is 0 Å². The molecule has 0 amide bonds. The van der Waals surface area contributed by atoms with Gasteiger partial charge >= 0.3 is 0 Å². The number of hydrogen-bond donors (Lipinski definition) is 0. The largest absolute Gasteiger partial charge is 0.184 e. The molecule has 1 aliphatic rings. The van der Waals surface area contributed by atoms with Crippen LogP contribution < -0.4 is 0 Å². The fourth-order valence-corrected chi connectivity index (χ4v) is 2.32. The van der Waals surface area contributed by atoms with Crippen molar-refractivity contribution < 1.29 is 131 Å². The van der Waals surface area contributed by atoms with Crippen molar-refractivity contribution in [3.63, 3.8) is 0 Å². The molecule has 1 aliphatic carbocycles. The van der Waals surface area contributed by atoms with Crippen LogP contribution in [0.5, 0.6) is 0 Å². The molecule has 0 aromatic heterocycles. The number of rotatable bonds is 1. The normalized spacial score (nSPS) is 12.8. The summed E-state index contributed by atoms with van der Waals surface area (Å²) in [7, 11) is 0. The van der Waals surface area contributed by atoms with Crippen molar-refractivity contribution in [3.8, 4) is 0 Å². The molecule has 0 unspecified atom stereocenters. The number of hydrogen-bond acceptors (Lipinski definition) is 0. The summed E-state index contributed by atoms with van der Waals surface area (Å²) >= 11 is 0. The number of aryl methyl sites for hydroxylation is 1. The molecule has 0 saturated heterocycles. The summed E-state index contributed by atoms with van der Waals surface area (Å²) in [6.07, 6.45) is 5.64. The van der Waals surface area contributed by atoms with E-state index in [0.29, 0.717) is 0 Å². The Morgan fingerprint density at radius 1 is 0.818 bits per heavy atom. The summed E-state index contributed by atoms with van der Waals surface area (Å²) in [5, 5.41) is 0. The molecule has 3 rings (SSSR count). The Kier molecular flexibility index (Phi) is 15.3. The Morgan fingerprint density at radius 2 is 1.45 bits per heavy atom. The minimum absolute atomic E-state index is 0. The van der Waals surface area contributed by atoms with Crippen LogP contribution in [0.2, 0.25) is 0 Å². The number of allylic oxidation sites excluding steroid dienone is 3. The first-order chi connectivity index (χ1) is 8.74. The molecular formula is C18H14Y4-2. The number of benzene rings is 2. The maximum Gasteiger partial charge on any atom is 0 e. The molecular weight excluding hydrogens is 572 g/mol. The van der Waals surface area contributed by atoms with Crippen LogP contribution in [0.25, 0.3) is 17.2 Å². The van der Waals surface area contributed by atoms with Crippen molar-refractivity contribution in [2.45, 2.75) is 13.8 Å². The van der Waals surface area contributed by atoms with Gasteiger partial charge in [0, 0.05) is 131 Å². The monoisotopic (exact) mass is 586 g/mol. The average Bonchev–Trinajstić information content (AvgIpc) is 2.67. The first kappa shape index (κ1) is 26.6. The van der Waals surface area contributed by atoms with Crippen molar-refractivity contribution in [1.29, 1.82) is 0 Å². The summed E-state index contributed by atoms with van der Waals surface area (Å²) in [5.74, 6) is 0. The van der Waals surface area contributed by atoms with E-state index in [1.54, 1.807) is 0 Å². The zero-order valence-corrected chi connectivity index (χ0v) is 24.3. The third kappa shape index (κ3) is 6.57. The molecule has 0 atom stereocenters.